The molecule has 0 saturated carbocycles. The number of hydrogen-bond acceptors (Lipinski definition) is 4. The zero-order chi connectivity index (χ0) is 17.1. The van der Waals surface area contributed by atoms with Crippen LogP contribution in [0.5, 0.6) is 0 Å². The Morgan fingerprint density at radius 3 is 2.52 bits per heavy atom. The molecule has 23 heavy (non-hydrogen) atoms. The van der Waals surface area contributed by atoms with Gasteiger partial charge in [0.1, 0.15) is 0 Å². The number of nitrogens with one attached hydrogen (secondary N) is 2. The highest BCUT2D eigenvalue weighted by atomic mass is 16.5. The van der Waals surface area contributed by atoms with Crippen LogP contribution in [0.15, 0.2) is 11.1 Å². The first-order valence-corrected chi connectivity index (χ1v) is 8.09. The van der Waals surface area contributed by atoms with E-state index in [0.717, 1.165) is 50.6 Å². The van der Waals surface area contributed by atoms with Crippen LogP contribution in [0.2, 0.25) is 0 Å². The summed E-state index contributed by atoms with van der Waals surface area (Å²) in [6.45, 7) is 6.59. The quantitative estimate of drug-likeness (QED) is 0.311. The number of carbonyl (C=O) groups excluding carboxylic acids is 1. The molecule has 7 heteroatoms. The predicted molar refractivity (Wildman–Crippen MR) is 91.5 cm³/mol. The molecule has 0 spiro atoms. The van der Waals surface area contributed by atoms with Gasteiger partial charge in [0.25, 0.3) is 0 Å². The van der Waals surface area contributed by atoms with Crippen LogP contribution in [0.25, 0.3) is 0 Å². The maximum absolute atomic E-state index is 11.0. The molecule has 0 saturated heterocycles. The van der Waals surface area contributed by atoms with Crippen LogP contribution in [0.1, 0.15) is 37.1 Å². The molecule has 0 aliphatic rings. The second-order valence-electron chi connectivity index (χ2n) is 5.46. The molecule has 0 aliphatic carbocycles. The minimum absolute atomic E-state index is 0.156. The molecule has 2 N–H and O–H groups in total. The average molecular weight is 323 g/mol. The molecule has 0 radical (unpaired) electrons. The fourth-order valence-electron chi connectivity index (χ4n) is 2.26. The Hall–Kier alpha value is -2.05. The van der Waals surface area contributed by atoms with Crippen LogP contribution in [0, 0.1) is 13.8 Å². The smallest absolute Gasteiger partial charge is 0.305 e. The zero-order valence-electron chi connectivity index (χ0n) is 14.7. The van der Waals surface area contributed by atoms with Crippen molar-refractivity contribution in [3.05, 3.63) is 17.5 Å². The van der Waals surface area contributed by atoms with Gasteiger partial charge >= 0.3 is 5.97 Å². The molecular formula is C16H29N5O2. The highest BCUT2D eigenvalue weighted by Crippen LogP contribution is 2.02. The van der Waals surface area contributed by atoms with E-state index in [9.17, 15) is 4.79 Å². The van der Waals surface area contributed by atoms with Gasteiger partial charge in [-0.3, -0.25) is 14.5 Å². The van der Waals surface area contributed by atoms with Crippen LogP contribution in [-0.4, -0.2) is 49.0 Å². The van der Waals surface area contributed by atoms with E-state index in [-0.39, 0.29) is 5.97 Å². The third-order valence-corrected chi connectivity index (χ3v) is 3.49. The summed E-state index contributed by atoms with van der Waals surface area (Å²) in [7, 11) is 3.17. The lowest BCUT2D eigenvalue weighted by Crippen LogP contribution is -2.38. The molecule has 0 fully saturated rings. The number of aromatic nitrogens is 2. The van der Waals surface area contributed by atoms with Gasteiger partial charge in [0.2, 0.25) is 0 Å². The molecule has 1 rings (SSSR count). The number of rotatable bonds is 9. The molecule has 0 atom stereocenters. The van der Waals surface area contributed by atoms with Crippen LogP contribution in [0.3, 0.4) is 0 Å². The van der Waals surface area contributed by atoms with E-state index in [1.54, 1.807) is 7.05 Å². The Balaban J connectivity index is 2.12. The highest BCUT2D eigenvalue weighted by Gasteiger charge is 2.02. The van der Waals surface area contributed by atoms with Gasteiger partial charge in [-0.2, -0.15) is 5.10 Å². The van der Waals surface area contributed by atoms with Crippen molar-refractivity contribution in [2.24, 2.45) is 4.99 Å². The summed E-state index contributed by atoms with van der Waals surface area (Å²) in [5.74, 6) is 0.632. The molecule has 0 aliphatic heterocycles. The highest BCUT2D eigenvalue weighted by molar-refractivity contribution is 5.79. The van der Waals surface area contributed by atoms with Crippen molar-refractivity contribution in [3.63, 3.8) is 0 Å². The van der Waals surface area contributed by atoms with E-state index in [4.69, 9.17) is 0 Å². The van der Waals surface area contributed by atoms with E-state index in [1.165, 1.54) is 12.8 Å². The second-order valence-corrected chi connectivity index (χ2v) is 5.46. The summed E-state index contributed by atoms with van der Waals surface area (Å²) in [5, 5.41) is 11.0. The fourth-order valence-corrected chi connectivity index (χ4v) is 2.26. The van der Waals surface area contributed by atoms with Crippen molar-refractivity contribution in [2.75, 3.05) is 27.2 Å². The van der Waals surface area contributed by atoms with E-state index in [1.807, 2.05) is 11.6 Å². The Morgan fingerprint density at radius 2 is 1.96 bits per heavy atom. The average Bonchev–Trinajstić information content (AvgIpc) is 2.86. The SMILES string of the molecule is CN=C(NCCCCC(=O)OC)NCCCn1nc(C)cc1C. The normalized spacial score (nSPS) is 11.4. The molecule has 0 aromatic carbocycles. The molecule has 0 amide bonds. The van der Waals surface area contributed by atoms with Gasteiger partial charge in [0, 0.05) is 38.8 Å². The minimum atomic E-state index is -0.156. The molecule has 1 aromatic heterocycles. The third-order valence-electron chi connectivity index (χ3n) is 3.49. The Bertz CT molecular complexity index is 511. The summed E-state index contributed by atoms with van der Waals surface area (Å²) in [5.41, 5.74) is 2.25. The lowest BCUT2D eigenvalue weighted by molar-refractivity contribution is -0.140. The summed E-state index contributed by atoms with van der Waals surface area (Å²) < 4.78 is 6.64. The lowest BCUT2D eigenvalue weighted by atomic mass is 10.2. The van der Waals surface area contributed by atoms with Crippen molar-refractivity contribution in [3.8, 4) is 0 Å². The number of nitrogens with zero attached hydrogens (tertiary/aromatic N) is 3. The van der Waals surface area contributed by atoms with Crippen molar-refractivity contribution >= 4 is 11.9 Å². The Labute approximate surface area is 138 Å². The molecule has 1 aromatic rings. The number of hydrogen-bond donors (Lipinski definition) is 2. The minimum Gasteiger partial charge on any atom is -0.469 e. The third kappa shape index (κ3) is 7.67. The van der Waals surface area contributed by atoms with Crippen molar-refractivity contribution in [1.82, 2.24) is 20.4 Å². The molecular weight excluding hydrogens is 294 g/mol. The van der Waals surface area contributed by atoms with Crippen molar-refractivity contribution < 1.29 is 9.53 Å². The van der Waals surface area contributed by atoms with Crippen LogP contribution >= 0.6 is 0 Å². The number of aryl methyl sites for hydroxylation is 3. The van der Waals surface area contributed by atoms with Crippen LogP contribution in [0.4, 0.5) is 0 Å². The van der Waals surface area contributed by atoms with Crippen molar-refractivity contribution in [2.45, 2.75) is 46.1 Å². The van der Waals surface area contributed by atoms with Crippen LogP contribution < -0.4 is 10.6 Å². The molecule has 0 bridgehead atoms. The van der Waals surface area contributed by atoms with Crippen molar-refractivity contribution in [1.29, 1.82) is 0 Å². The lowest BCUT2D eigenvalue weighted by Gasteiger charge is -2.12. The number of aliphatic imine (C=N–C) groups is 1. The predicted octanol–water partition coefficient (Wildman–Crippen LogP) is 1.40. The Kier molecular flexibility index (Phi) is 8.79. The number of ether oxygens (including phenoxy) is 1. The van der Waals surface area contributed by atoms with E-state index >= 15 is 0 Å². The molecule has 130 valence electrons. The molecule has 1 heterocycles. The number of carbonyl (C=O) groups is 1. The van der Waals surface area contributed by atoms with Gasteiger partial charge in [-0.1, -0.05) is 0 Å². The topological polar surface area (TPSA) is 80.5 Å². The number of unbranched alkanes of at least 4 members (excludes halogenated alkanes) is 1. The maximum Gasteiger partial charge on any atom is 0.305 e. The Morgan fingerprint density at radius 1 is 1.26 bits per heavy atom. The molecule has 7 nitrogen and oxygen atoms in total. The largest absolute Gasteiger partial charge is 0.469 e. The summed E-state index contributed by atoms with van der Waals surface area (Å²) >= 11 is 0. The van der Waals surface area contributed by atoms with Gasteiger partial charge in [-0.15, -0.1) is 0 Å². The van der Waals surface area contributed by atoms with E-state index in [0.29, 0.717) is 6.42 Å². The second kappa shape index (κ2) is 10.6. The summed E-state index contributed by atoms with van der Waals surface area (Å²) in [6.07, 6.45) is 3.16. The van der Waals surface area contributed by atoms with Gasteiger partial charge in [0.05, 0.1) is 12.8 Å². The summed E-state index contributed by atoms with van der Waals surface area (Å²) in [6, 6.07) is 2.09. The van der Waals surface area contributed by atoms with Gasteiger partial charge in [-0.05, 0) is 39.2 Å². The van der Waals surface area contributed by atoms with Gasteiger partial charge in [-0.25, -0.2) is 0 Å². The number of guanidine groups is 1. The first-order valence-electron chi connectivity index (χ1n) is 8.09. The monoisotopic (exact) mass is 323 g/mol. The summed E-state index contributed by atoms with van der Waals surface area (Å²) in [4.78, 5) is 15.2. The fraction of sp³-hybridized carbons (Fsp3) is 0.688. The number of methoxy groups -OCH3 is 1. The van der Waals surface area contributed by atoms with E-state index in [2.05, 4.69) is 38.5 Å². The first-order chi connectivity index (χ1) is 11.1. The number of esters is 1. The van der Waals surface area contributed by atoms with E-state index < -0.39 is 0 Å². The zero-order valence-corrected chi connectivity index (χ0v) is 14.7. The van der Waals surface area contributed by atoms with Gasteiger partial charge in [0.15, 0.2) is 5.96 Å². The van der Waals surface area contributed by atoms with Gasteiger partial charge < -0.3 is 15.4 Å². The molecule has 0 unspecified atom stereocenters. The first kappa shape index (κ1) is 19.0. The van der Waals surface area contributed by atoms with Crippen LogP contribution in [-0.2, 0) is 16.1 Å². The maximum atomic E-state index is 11.0. The standard InChI is InChI=1S/C16H29N5O2/c1-13-12-14(2)21(20-13)11-7-10-19-16(17-3)18-9-6-5-8-15(22)23-4/h12H,5-11H2,1-4H3,(H2,17,18,19).